The highest BCUT2D eigenvalue weighted by Crippen LogP contribution is 2.33. The number of rotatable bonds is 4. The summed E-state index contributed by atoms with van der Waals surface area (Å²) >= 11 is 0. The van der Waals surface area contributed by atoms with Crippen molar-refractivity contribution >= 4 is 33.5 Å². The third-order valence-corrected chi connectivity index (χ3v) is 5.87. The number of anilines is 1. The molecule has 29 heavy (non-hydrogen) atoms. The number of hydrogen-bond donors (Lipinski definition) is 0. The second-order valence-corrected chi connectivity index (χ2v) is 7.46. The Bertz CT molecular complexity index is 1200. The monoisotopic (exact) mass is 383 g/mol. The number of pyridine rings is 1. The molecule has 144 valence electrons. The molecule has 0 aliphatic carbocycles. The van der Waals surface area contributed by atoms with Crippen molar-refractivity contribution in [1.82, 2.24) is 0 Å². The van der Waals surface area contributed by atoms with E-state index in [9.17, 15) is 4.79 Å². The van der Waals surface area contributed by atoms with Crippen molar-refractivity contribution in [2.45, 2.75) is 19.0 Å². The number of methoxy groups -OCH3 is 1. The maximum absolute atomic E-state index is 12.8. The van der Waals surface area contributed by atoms with Crippen LogP contribution in [0.4, 0.5) is 5.82 Å². The van der Waals surface area contributed by atoms with Gasteiger partial charge in [-0.05, 0) is 17.7 Å². The van der Waals surface area contributed by atoms with E-state index < -0.39 is 0 Å². The third-order valence-electron chi connectivity index (χ3n) is 5.87. The zero-order chi connectivity index (χ0) is 19.8. The molecule has 1 aliphatic rings. The van der Waals surface area contributed by atoms with Crippen molar-refractivity contribution in [2.24, 2.45) is 0 Å². The minimum atomic E-state index is -0.360. The Kier molecular flexibility index (Phi) is 4.39. The van der Waals surface area contributed by atoms with E-state index in [4.69, 9.17) is 4.74 Å². The molecule has 3 aromatic carbocycles. The molecule has 5 rings (SSSR count). The van der Waals surface area contributed by atoms with E-state index in [-0.39, 0.29) is 12.0 Å². The summed E-state index contributed by atoms with van der Waals surface area (Å²) in [4.78, 5) is 15.1. The normalized spacial score (nSPS) is 14.2. The number of para-hydroxylation sites is 1. The summed E-state index contributed by atoms with van der Waals surface area (Å²) in [5.41, 5.74) is 2.33. The maximum atomic E-state index is 12.8. The zero-order valence-electron chi connectivity index (χ0n) is 16.4. The van der Waals surface area contributed by atoms with Crippen LogP contribution in [0.25, 0.3) is 21.7 Å². The highest BCUT2D eigenvalue weighted by Gasteiger charge is 2.41. The molecular weight excluding hydrogens is 360 g/mol. The van der Waals surface area contributed by atoms with Crippen LogP contribution < -0.4 is 9.47 Å². The minimum Gasteiger partial charge on any atom is -0.466 e. The number of nitrogens with zero attached hydrogens (tertiary/aromatic N) is 2. The molecular formula is C25H23N2O2+. The van der Waals surface area contributed by atoms with Crippen molar-refractivity contribution in [2.75, 3.05) is 18.6 Å². The molecule has 2 heterocycles. The van der Waals surface area contributed by atoms with Gasteiger partial charge in [-0.1, -0.05) is 66.7 Å². The molecule has 1 atom stereocenters. The number of hydrogen-bond acceptors (Lipinski definition) is 3. The highest BCUT2D eigenvalue weighted by atomic mass is 16.5. The van der Waals surface area contributed by atoms with E-state index in [1.807, 2.05) is 18.2 Å². The number of ether oxygens (including phenoxy) is 1. The molecule has 0 spiro atoms. The summed E-state index contributed by atoms with van der Waals surface area (Å²) in [6, 6.07) is 26.8. The standard InChI is InChI=1S/C25H23N2O2/c1-29-25(28)23(17-18-9-3-2-4-10-18)27-16-15-26-22-14-8-7-12-20(22)19-11-5-6-13-21(19)24(26)27/h2-14,23H,15-17H2,1H3/q+1/t23-/m1/s1. The first-order valence-electron chi connectivity index (χ1n) is 9.99. The lowest BCUT2D eigenvalue weighted by atomic mass is 10.0. The van der Waals surface area contributed by atoms with Gasteiger partial charge in [0.2, 0.25) is 0 Å². The zero-order valence-corrected chi connectivity index (χ0v) is 16.4. The number of carbonyl (C=O) groups excluding carboxylic acids is 1. The Morgan fingerprint density at radius 1 is 0.931 bits per heavy atom. The van der Waals surface area contributed by atoms with Crippen LogP contribution >= 0.6 is 0 Å². The van der Waals surface area contributed by atoms with E-state index in [0.717, 1.165) is 24.5 Å². The lowest BCUT2D eigenvalue weighted by Crippen LogP contribution is -2.43. The number of carbonyl (C=O) groups is 1. The Hall–Kier alpha value is -3.40. The van der Waals surface area contributed by atoms with Gasteiger partial charge in [0.1, 0.15) is 18.6 Å². The second-order valence-electron chi connectivity index (χ2n) is 7.46. The molecule has 4 nitrogen and oxygen atoms in total. The van der Waals surface area contributed by atoms with E-state index in [1.165, 1.54) is 28.8 Å². The van der Waals surface area contributed by atoms with Crippen molar-refractivity contribution < 1.29 is 14.1 Å². The topological polar surface area (TPSA) is 33.4 Å². The first-order valence-corrected chi connectivity index (χ1v) is 9.99. The van der Waals surface area contributed by atoms with Gasteiger partial charge < -0.3 is 4.74 Å². The Morgan fingerprint density at radius 3 is 2.34 bits per heavy atom. The first kappa shape index (κ1) is 17.7. The number of esters is 1. The Labute approximate surface area is 170 Å². The molecule has 1 aromatic heterocycles. The predicted octanol–water partition coefficient (Wildman–Crippen LogP) is 3.88. The molecule has 4 heteroatoms. The molecule has 0 unspecified atom stereocenters. The van der Waals surface area contributed by atoms with Crippen molar-refractivity contribution in [3.05, 3.63) is 84.4 Å². The van der Waals surface area contributed by atoms with E-state index in [1.54, 1.807) is 0 Å². The van der Waals surface area contributed by atoms with E-state index in [0.29, 0.717) is 6.42 Å². The Morgan fingerprint density at radius 2 is 1.59 bits per heavy atom. The van der Waals surface area contributed by atoms with Gasteiger partial charge in [-0.2, -0.15) is 0 Å². The number of benzene rings is 3. The van der Waals surface area contributed by atoms with E-state index >= 15 is 0 Å². The summed E-state index contributed by atoms with van der Waals surface area (Å²) < 4.78 is 7.57. The van der Waals surface area contributed by atoms with Crippen LogP contribution in [0.3, 0.4) is 0 Å². The fourth-order valence-electron chi connectivity index (χ4n) is 4.56. The van der Waals surface area contributed by atoms with Gasteiger partial charge >= 0.3 is 5.97 Å². The van der Waals surface area contributed by atoms with Gasteiger partial charge in [0.25, 0.3) is 5.82 Å². The molecule has 0 bridgehead atoms. The highest BCUT2D eigenvalue weighted by molar-refractivity contribution is 6.08. The third kappa shape index (κ3) is 2.92. The smallest absolute Gasteiger partial charge is 0.351 e. The van der Waals surface area contributed by atoms with Gasteiger partial charge in [0, 0.05) is 17.2 Å². The number of aromatic nitrogens is 1. The van der Waals surface area contributed by atoms with Crippen LogP contribution in [0, 0.1) is 0 Å². The SMILES string of the molecule is COC(=O)[C@@H](Cc1ccccc1)N1CC[n+]2c1c1ccccc1c1ccccc12. The number of fused-ring (bicyclic) bond motifs is 6. The molecule has 0 fully saturated rings. The predicted molar refractivity (Wildman–Crippen MR) is 115 cm³/mol. The lowest BCUT2D eigenvalue weighted by molar-refractivity contribution is -0.643. The fraction of sp³-hybridized carbons (Fsp3) is 0.200. The van der Waals surface area contributed by atoms with Crippen LogP contribution in [-0.2, 0) is 22.5 Å². The fourth-order valence-corrected chi connectivity index (χ4v) is 4.56. The Balaban J connectivity index is 1.70. The second kappa shape index (κ2) is 7.21. The van der Waals surface area contributed by atoms with Crippen molar-refractivity contribution in [3.8, 4) is 0 Å². The van der Waals surface area contributed by atoms with Crippen LogP contribution in [-0.4, -0.2) is 25.7 Å². The minimum absolute atomic E-state index is 0.195. The van der Waals surface area contributed by atoms with Crippen LogP contribution in [0.15, 0.2) is 78.9 Å². The molecule has 4 aromatic rings. The summed E-state index contributed by atoms with van der Waals surface area (Å²) in [5.74, 6) is 0.908. The summed E-state index contributed by atoms with van der Waals surface area (Å²) in [6.45, 7) is 1.63. The molecule has 0 saturated carbocycles. The van der Waals surface area contributed by atoms with Crippen LogP contribution in [0.5, 0.6) is 0 Å². The van der Waals surface area contributed by atoms with Crippen LogP contribution in [0.2, 0.25) is 0 Å². The maximum Gasteiger partial charge on any atom is 0.351 e. The van der Waals surface area contributed by atoms with Crippen molar-refractivity contribution in [3.63, 3.8) is 0 Å². The van der Waals surface area contributed by atoms with Crippen molar-refractivity contribution in [1.29, 1.82) is 0 Å². The van der Waals surface area contributed by atoms with Gasteiger partial charge in [-0.25, -0.2) is 14.3 Å². The van der Waals surface area contributed by atoms with Crippen LogP contribution in [0.1, 0.15) is 5.56 Å². The van der Waals surface area contributed by atoms with Gasteiger partial charge in [-0.3, -0.25) is 0 Å². The lowest BCUT2D eigenvalue weighted by Gasteiger charge is -2.22. The largest absolute Gasteiger partial charge is 0.466 e. The van der Waals surface area contributed by atoms with Gasteiger partial charge in [-0.15, -0.1) is 0 Å². The molecule has 0 N–H and O–H groups in total. The summed E-state index contributed by atoms with van der Waals surface area (Å²) in [7, 11) is 1.48. The summed E-state index contributed by atoms with van der Waals surface area (Å²) in [6.07, 6.45) is 0.620. The molecule has 1 aliphatic heterocycles. The van der Waals surface area contributed by atoms with E-state index in [2.05, 4.69) is 70.1 Å². The molecule has 0 amide bonds. The average molecular weight is 383 g/mol. The average Bonchev–Trinajstić information content (AvgIpc) is 3.23. The molecule has 0 radical (unpaired) electrons. The van der Waals surface area contributed by atoms with Gasteiger partial charge in [0.05, 0.1) is 12.5 Å². The first-order chi connectivity index (χ1) is 14.3. The van der Waals surface area contributed by atoms with Gasteiger partial charge in [0.15, 0.2) is 6.04 Å². The molecule has 0 saturated heterocycles. The quantitative estimate of drug-likeness (QED) is 0.305. The summed E-state index contributed by atoms with van der Waals surface area (Å²) in [5, 5.41) is 3.63.